The number of halogens is 4. The molecule has 0 saturated heterocycles. The maximum absolute atomic E-state index is 12.8. The van der Waals surface area contributed by atoms with Crippen LogP contribution in [-0.4, -0.2) is 38.9 Å². The number of hydrogen-bond donors (Lipinski definition) is 1. The Morgan fingerprint density at radius 2 is 2.19 bits per heavy atom. The number of alkyl halides is 2. The van der Waals surface area contributed by atoms with Crippen molar-refractivity contribution in [3.63, 3.8) is 0 Å². The lowest BCUT2D eigenvalue weighted by Gasteiger charge is -2.06. The maximum atomic E-state index is 12.8. The van der Waals surface area contributed by atoms with Gasteiger partial charge in [0.25, 0.3) is 6.36 Å². The van der Waals surface area contributed by atoms with Gasteiger partial charge in [-0.2, -0.15) is 4.39 Å². The van der Waals surface area contributed by atoms with Crippen LogP contribution in [0.3, 0.4) is 0 Å². The van der Waals surface area contributed by atoms with Gasteiger partial charge in [-0.05, 0) is 6.07 Å². The molecule has 0 saturated carbocycles. The average Bonchev–Trinajstić information content (AvgIpc) is 2.82. The summed E-state index contributed by atoms with van der Waals surface area (Å²) in [6, 6.07) is 2.26. The Kier molecular flexibility index (Phi) is 4.59. The normalized spacial score (nSPS) is 12.2. The largest absolute Gasteiger partial charge is 0.477 e. The van der Waals surface area contributed by atoms with Gasteiger partial charge in [0.15, 0.2) is 18.2 Å². The van der Waals surface area contributed by atoms with E-state index in [0.29, 0.717) is 0 Å². The van der Waals surface area contributed by atoms with Gasteiger partial charge >= 0.3 is 5.97 Å². The molecule has 0 spiro atoms. The first-order chi connectivity index (χ1) is 9.92. The van der Waals surface area contributed by atoms with Crippen LogP contribution in [0.15, 0.2) is 18.3 Å². The van der Waals surface area contributed by atoms with E-state index in [4.69, 9.17) is 28.3 Å². The molecular formula is C11H7Cl2F2N3O3. The molecule has 1 unspecified atom stereocenters. The third-order valence-corrected chi connectivity index (χ3v) is 2.75. The van der Waals surface area contributed by atoms with Crippen LogP contribution in [-0.2, 0) is 0 Å². The van der Waals surface area contributed by atoms with E-state index < -0.39 is 24.9 Å². The van der Waals surface area contributed by atoms with Gasteiger partial charge in [-0.15, -0.1) is 5.10 Å². The minimum Gasteiger partial charge on any atom is -0.477 e. The molecule has 0 amide bonds. The topological polar surface area (TPSA) is 77.2 Å². The van der Waals surface area contributed by atoms with Gasteiger partial charge in [-0.3, -0.25) is 0 Å². The number of carboxylic acid groups (broad SMARTS) is 1. The highest BCUT2D eigenvalue weighted by molar-refractivity contribution is 6.35. The van der Waals surface area contributed by atoms with Crippen molar-refractivity contribution in [3.8, 4) is 11.7 Å². The number of carbonyl (C=O) groups is 1. The van der Waals surface area contributed by atoms with Crippen LogP contribution in [0.4, 0.5) is 8.78 Å². The van der Waals surface area contributed by atoms with Crippen LogP contribution in [0.25, 0.3) is 5.82 Å². The molecule has 0 radical (unpaired) electrons. The molecule has 112 valence electrons. The van der Waals surface area contributed by atoms with E-state index in [1.807, 2.05) is 0 Å². The lowest BCUT2D eigenvalue weighted by atomic mass is 10.4. The molecule has 1 atom stereocenters. The van der Waals surface area contributed by atoms with Crippen molar-refractivity contribution in [2.24, 2.45) is 0 Å². The second-order valence-electron chi connectivity index (χ2n) is 3.73. The number of carboxylic acids is 1. The van der Waals surface area contributed by atoms with Crippen LogP contribution in [0.2, 0.25) is 10.0 Å². The molecule has 1 N–H and O–H groups in total. The molecule has 2 heterocycles. The second-order valence-corrected chi connectivity index (χ2v) is 4.57. The predicted octanol–water partition coefficient (Wildman–Crippen LogP) is 2.92. The monoisotopic (exact) mass is 337 g/mol. The molecule has 0 aliphatic rings. The minimum absolute atomic E-state index is 0.0296. The highest BCUT2D eigenvalue weighted by Crippen LogP contribution is 2.25. The maximum Gasteiger partial charge on any atom is 0.354 e. The van der Waals surface area contributed by atoms with Crippen molar-refractivity contribution in [1.29, 1.82) is 0 Å². The smallest absolute Gasteiger partial charge is 0.354 e. The lowest BCUT2D eigenvalue weighted by Crippen LogP contribution is -2.13. The molecular weight excluding hydrogens is 331 g/mol. The zero-order chi connectivity index (χ0) is 15.6. The average molecular weight is 338 g/mol. The Hall–Kier alpha value is -1.93. The number of aromatic carboxylic acids is 1. The molecule has 10 heteroatoms. The number of pyridine rings is 1. The van der Waals surface area contributed by atoms with E-state index in [9.17, 15) is 13.6 Å². The fourth-order valence-electron chi connectivity index (χ4n) is 1.46. The van der Waals surface area contributed by atoms with Gasteiger partial charge < -0.3 is 9.84 Å². The summed E-state index contributed by atoms with van der Waals surface area (Å²) in [5, 5.41) is 13.1. The van der Waals surface area contributed by atoms with Crippen molar-refractivity contribution < 1.29 is 23.4 Å². The van der Waals surface area contributed by atoms with E-state index in [2.05, 4.69) is 14.8 Å². The Balaban J connectivity index is 2.48. The second kappa shape index (κ2) is 6.23. The molecule has 0 aliphatic carbocycles. The number of aromatic nitrogens is 3. The van der Waals surface area contributed by atoms with Crippen LogP contribution < -0.4 is 4.74 Å². The molecule has 0 aromatic carbocycles. The number of hydrogen-bond acceptors (Lipinski definition) is 4. The Labute approximate surface area is 126 Å². The third-order valence-electron chi connectivity index (χ3n) is 2.27. The quantitative estimate of drug-likeness (QED) is 0.907. The van der Waals surface area contributed by atoms with Crippen LogP contribution in [0.5, 0.6) is 5.88 Å². The minimum atomic E-state index is -2.25. The van der Waals surface area contributed by atoms with E-state index in [0.717, 1.165) is 10.7 Å². The summed E-state index contributed by atoms with van der Waals surface area (Å²) in [6.45, 7) is -1.39. The summed E-state index contributed by atoms with van der Waals surface area (Å²) in [6.07, 6.45) is -1.01. The zero-order valence-electron chi connectivity index (χ0n) is 10.1. The van der Waals surface area contributed by atoms with Crippen molar-refractivity contribution in [2.75, 3.05) is 6.67 Å². The third kappa shape index (κ3) is 3.40. The summed E-state index contributed by atoms with van der Waals surface area (Å²) in [5.41, 5.74) is -0.382. The highest BCUT2D eigenvalue weighted by atomic mass is 35.5. The van der Waals surface area contributed by atoms with Gasteiger partial charge in [0.2, 0.25) is 5.88 Å². The summed E-state index contributed by atoms with van der Waals surface area (Å²) in [5.74, 6) is -1.82. The van der Waals surface area contributed by atoms with E-state index >= 15 is 0 Å². The number of rotatable bonds is 5. The van der Waals surface area contributed by atoms with Gasteiger partial charge in [0.05, 0.1) is 10.0 Å². The zero-order valence-corrected chi connectivity index (χ0v) is 11.6. The van der Waals surface area contributed by atoms with Gasteiger partial charge in [-0.1, -0.05) is 23.2 Å². The van der Waals surface area contributed by atoms with Gasteiger partial charge in [-0.25, -0.2) is 18.9 Å². The molecule has 21 heavy (non-hydrogen) atoms. The molecule has 0 aliphatic heterocycles. The lowest BCUT2D eigenvalue weighted by molar-refractivity contribution is 0.0390. The molecule has 0 fully saturated rings. The molecule has 6 nitrogen and oxygen atoms in total. The number of nitrogens with zero attached hydrogens (tertiary/aromatic N) is 3. The van der Waals surface area contributed by atoms with E-state index in [1.165, 1.54) is 12.3 Å². The first-order valence-electron chi connectivity index (χ1n) is 5.44. The Bertz CT molecular complexity index is 681. The van der Waals surface area contributed by atoms with Crippen molar-refractivity contribution in [3.05, 3.63) is 34.1 Å². The van der Waals surface area contributed by atoms with Crippen LogP contribution in [0.1, 0.15) is 10.5 Å². The fraction of sp³-hybridized carbons (Fsp3) is 0.182. The molecule has 2 aromatic rings. The van der Waals surface area contributed by atoms with Crippen molar-refractivity contribution in [2.45, 2.75) is 6.36 Å². The Morgan fingerprint density at radius 3 is 2.76 bits per heavy atom. The summed E-state index contributed by atoms with van der Waals surface area (Å²) < 4.78 is 30.2. The Morgan fingerprint density at radius 1 is 1.48 bits per heavy atom. The first-order valence-corrected chi connectivity index (χ1v) is 6.19. The summed E-state index contributed by atoms with van der Waals surface area (Å²) in [4.78, 5) is 15.0. The SMILES string of the molecule is O=C(O)c1cc(OC(F)CF)nn1-c1ncc(Cl)cc1Cl. The van der Waals surface area contributed by atoms with E-state index in [1.54, 1.807) is 0 Å². The summed E-state index contributed by atoms with van der Waals surface area (Å²) in [7, 11) is 0. The van der Waals surface area contributed by atoms with Gasteiger partial charge in [0, 0.05) is 12.3 Å². The molecule has 2 aromatic heterocycles. The van der Waals surface area contributed by atoms with Crippen LogP contribution >= 0.6 is 23.2 Å². The number of ether oxygens (including phenoxy) is 1. The standard InChI is InChI=1S/C11H7Cl2F2N3O3/c12-5-1-6(13)10(16-4-5)18-7(11(19)20)2-9(17-18)21-8(15)3-14/h1-2,4,8H,3H2,(H,19,20). The summed E-state index contributed by atoms with van der Waals surface area (Å²) >= 11 is 11.6. The fourth-order valence-corrected chi connectivity index (χ4v) is 1.92. The van der Waals surface area contributed by atoms with Crippen molar-refractivity contribution in [1.82, 2.24) is 14.8 Å². The molecule has 0 bridgehead atoms. The molecule has 2 rings (SSSR count). The first kappa shape index (κ1) is 15.5. The van der Waals surface area contributed by atoms with E-state index in [-0.39, 0.29) is 21.6 Å². The predicted molar refractivity (Wildman–Crippen MR) is 69.8 cm³/mol. The van der Waals surface area contributed by atoms with Gasteiger partial charge in [0.1, 0.15) is 0 Å². The van der Waals surface area contributed by atoms with Crippen molar-refractivity contribution >= 4 is 29.2 Å². The highest BCUT2D eigenvalue weighted by Gasteiger charge is 2.21. The van der Waals surface area contributed by atoms with Crippen LogP contribution in [0, 0.1) is 0 Å².